The number of carbonyl (C=O) groups is 1. The van der Waals surface area contributed by atoms with Crippen LogP contribution in [0.1, 0.15) is 50.5 Å². The molecule has 1 aromatic heterocycles. The van der Waals surface area contributed by atoms with Crippen LogP contribution in [0.25, 0.3) is 6.08 Å². The van der Waals surface area contributed by atoms with Crippen molar-refractivity contribution >= 4 is 12.0 Å². The Morgan fingerprint density at radius 3 is 2.63 bits per heavy atom. The standard InChI is InChI=1S/C15H23N3O/c1-18-12-13(11-16-18)9-10-15(19)17-14-7-5-3-2-4-6-8-14/h9-12,14H,2-8H2,1H3,(H,17,19)/b10-9-. The lowest BCUT2D eigenvalue weighted by Gasteiger charge is -2.20. The molecule has 2 rings (SSSR count). The number of carbonyl (C=O) groups excluding carboxylic acids is 1. The summed E-state index contributed by atoms with van der Waals surface area (Å²) in [6.07, 6.45) is 15.7. The fourth-order valence-corrected chi connectivity index (χ4v) is 2.55. The summed E-state index contributed by atoms with van der Waals surface area (Å²) >= 11 is 0. The van der Waals surface area contributed by atoms with E-state index in [1.807, 2.05) is 19.3 Å². The van der Waals surface area contributed by atoms with Gasteiger partial charge in [-0.2, -0.15) is 5.10 Å². The Kier molecular flexibility index (Phi) is 5.19. The summed E-state index contributed by atoms with van der Waals surface area (Å²) in [4.78, 5) is 11.9. The minimum atomic E-state index is 0.00873. The van der Waals surface area contributed by atoms with Crippen molar-refractivity contribution in [3.8, 4) is 0 Å². The van der Waals surface area contributed by atoms with Gasteiger partial charge in [0.2, 0.25) is 5.91 Å². The van der Waals surface area contributed by atoms with Crippen molar-refractivity contribution in [2.45, 2.75) is 51.0 Å². The Morgan fingerprint density at radius 2 is 2.00 bits per heavy atom. The fourth-order valence-electron chi connectivity index (χ4n) is 2.55. The fraction of sp³-hybridized carbons (Fsp3) is 0.600. The van der Waals surface area contributed by atoms with Crippen LogP contribution in [0.2, 0.25) is 0 Å². The molecule has 1 aliphatic carbocycles. The van der Waals surface area contributed by atoms with E-state index in [2.05, 4.69) is 10.4 Å². The zero-order valence-electron chi connectivity index (χ0n) is 11.6. The quantitative estimate of drug-likeness (QED) is 0.850. The molecule has 1 saturated carbocycles. The normalized spacial score (nSPS) is 18.2. The van der Waals surface area contributed by atoms with Gasteiger partial charge in [0.15, 0.2) is 0 Å². The van der Waals surface area contributed by atoms with Crippen molar-refractivity contribution < 1.29 is 4.79 Å². The first-order valence-corrected chi connectivity index (χ1v) is 7.21. The van der Waals surface area contributed by atoms with Crippen LogP contribution < -0.4 is 5.32 Å². The van der Waals surface area contributed by atoms with E-state index < -0.39 is 0 Å². The maximum absolute atomic E-state index is 11.9. The average Bonchev–Trinajstić information content (AvgIpc) is 2.76. The van der Waals surface area contributed by atoms with Crippen LogP contribution in [0.4, 0.5) is 0 Å². The van der Waals surface area contributed by atoms with Crippen molar-refractivity contribution in [3.05, 3.63) is 24.0 Å². The van der Waals surface area contributed by atoms with Gasteiger partial charge in [-0.3, -0.25) is 9.48 Å². The minimum absolute atomic E-state index is 0.00873. The number of aromatic nitrogens is 2. The largest absolute Gasteiger partial charge is 0.350 e. The van der Waals surface area contributed by atoms with Crippen molar-refractivity contribution in [1.29, 1.82) is 0 Å². The van der Waals surface area contributed by atoms with Gasteiger partial charge in [0.25, 0.3) is 0 Å². The second-order valence-electron chi connectivity index (χ2n) is 5.33. The molecule has 0 bridgehead atoms. The molecule has 1 amide bonds. The minimum Gasteiger partial charge on any atom is -0.350 e. The topological polar surface area (TPSA) is 46.9 Å². The highest BCUT2D eigenvalue weighted by Gasteiger charge is 2.12. The van der Waals surface area contributed by atoms with E-state index >= 15 is 0 Å². The van der Waals surface area contributed by atoms with Crippen molar-refractivity contribution in [2.75, 3.05) is 0 Å². The summed E-state index contributed by atoms with van der Waals surface area (Å²) in [7, 11) is 1.87. The van der Waals surface area contributed by atoms with E-state index in [0.29, 0.717) is 6.04 Å². The molecular weight excluding hydrogens is 238 g/mol. The van der Waals surface area contributed by atoms with Crippen LogP contribution in [0.15, 0.2) is 18.5 Å². The van der Waals surface area contributed by atoms with E-state index in [4.69, 9.17) is 0 Å². The molecule has 19 heavy (non-hydrogen) atoms. The Balaban J connectivity index is 1.80. The predicted molar refractivity (Wildman–Crippen MR) is 76.5 cm³/mol. The highest BCUT2D eigenvalue weighted by atomic mass is 16.1. The molecule has 1 N–H and O–H groups in total. The number of hydrogen-bond acceptors (Lipinski definition) is 2. The third kappa shape index (κ3) is 4.89. The van der Waals surface area contributed by atoms with E-state index in [-0.39, 0.29) is 5.91 Å². The molecule has 0 radical (unpaired) electrons. The third-order valence-electron chi connectivity index (χ3n) is 3.60. The van der Waals surface area contributed by atoms with E-state index in [0.717, 1.165) is 18.4 Å². The van der Waals surface area contributed by atoms with Gasteiger partial charge >= 0.3 is 0 Å². The monoisotopic (exact) mass is 261 g/mol. The number of hydrogen-bond donors (Lipinski definition) is 1. The lowest BCUT2D eigenvalue weighted by atomic mass is 9.97. The summed E-state index contributed by atoms with van der Waals surface area (Å²) in [6.45, 7) is 0. The van der Waals surface area contributed by atoms with Crippen LogP contribution in [-0.2, 0) is 11.8 Å². The zero-order chi connectivity index (χ0) is 13.5. The molecule has 4 nitrogen and oxygen atoms in total. The number of amides is 1. The molecule has 0 aromatic carbocycles. The molecule has 0 saturated heterocycles. The Labute approximate surface area is 114 Å². The molecular formula is C15H23N3O. The van der Waals surface area contributed by atoms with Crippen LogP contribution >= 0.6 is 0 Å². The van der Waals surface area contributed by atoms with Gasteiger partial charge in [-0.1, -0.05) is 32.1 Å². The first-order chi connectivity index (χ1) is 9.24. The van der Waals surface area contributed by atoms with E-state index in [1.165, 1.54) is 32.1 Å². The number of aryl methyl sites for hydroxylation is 1. The van der Waals surface area contributed by atoms with Gasteiger partial charge in [-0.15, -0.1) is 0 Å². The lowest BCUT2D eigenvalue weighted by molar-refractivity contribution is -0.117. The van der Waals surface area contributed by atoms with Crippen molar-refractivity contribution in [3.63, 3.8) is 0 Å². The van der Waals surface area contributed by atoms with Gasteiger partial charge in [-0.25, -0.2) is 0 Å². The summed E-state index contributed by atoms with van der Waals surface area (Å²) in [6, 6.07) is 0.353. The van der Waals surface area contributed by atoms with Crippen LogP contribution in [-0.4, -0.2) is 21.7 Å². The number of rotatable bonds is 3. The molecule has 4 heteroatoms. The Hall–Kier alpha value is -1.58. The Morgan fingerprint density at radius 1 is 1.32 bits per heavy atom. The molecule has 0 spiro atoms. The van der Waals surface area contributed by atoms with Crippen LogP contribution in [0, 0.1) is 0 Å². The maximum Gasteiger partial charge on any atom is 0.244 e. The van der Waals surface area contributed by atoms with Crippen LogP contribution in [0.3, 0.4) is 0 Å². The third-order valence-corrected chi connectivity index (χ3v) is 3.60. The first-order valence-electron chi connectivity index (χ1n) is 7.21. The zero-order valence-corrected chi connectivity index (χ0v) is 11.6. The molecule has 1 aliphatic rings. The lowest BCUT2D eigenvalue weighted by Crippen LogP contribution is -2.34. The van der Waals surface area contributed by atoms with Crippen molar-refractivity contribution in [2.24, 2.45) is 7.05 Å². The second-order valence-corrected chi connectivity index (χ2v) is 5.33. The van der Waals surface area contributed by atoms with E-state index in [1.54, 1.807) is 17.0 Å². The summed E-state index contributed by atoms with van der Waals surface area (Å²) in [5, 5.41) is 7.18. The van der Waals surface area contributed by atoms with Gasteiger partial charge < -0.3 is 5.32 Å². The average molecular weight is 261 g/mol. The molecule has 1 heterocycles. The number of nitrogens with one attached hydrogen (secondary N) is 1. The highest BCUT2D eigenvalue weighted by molar-refractivity contribution is 5.91. The second kappa shape index (κ2) is 7.12. The summed E-state index contributed by atoms with van der Waals surface area (Å²) < 4.78 is 1.73. The van der Waals surface area contributed by atoms with Crippen molar-refractivity contribution in [1.82, 2.24) is 15.1 Å². The predicted octanol–water partition coefficient (Wildman–Crippen LogP) is 2.66. The Bertz CT molecular complexity index is 428. The smallest absolute Gasteiger partial charge is 0.244 e. The van der Waals surface area contributed by atoms with Gasteiger partial charge in [-0.05, 0) is 18.9 Å². The molecule has 0 atom stereocenters. The molecule has 104 valence electrons. The van der Waals surface area contributed by atoms with Gasteiger partial charge in [0.05, 0.1) is 6.20 Å². The summed E-state index contributed by atoms with van der Waals surface area (Å²) in [5.74, 6) is 0.00873. The van der Waals surface area contributed by atoms with E-state index in [9.17, 15) is 4.79 Å². The number of nitrogens with zero attached hydrogens (tertiary/aromatic N) is 2. The molecule has 1 fully saturated rings. The first kappa shape index (κ1) is 13.8. The van der Waals surface area contributed by atoms with Crippen LogP contribution in [0.5, 0.6) is 0 Å². The summed E-state index contributed by atoms with van der Waals surface area (Å²) in [5.41, 5.74) is 0.954. The SMILES string of the molecule is Cn1cc(/C=C\C(=O)NC2CCCCCCC2)cn1. The highest BCUT2D eigenvalue weighted by Crippen LogP contribution is 2.17. The van der Waals surface area contributed by atoms with Gasteiger partial charge in [0, 0.05) is 30.9 Å². The molecule has 1 aromatic rings. The maximum atomic E-state index is 11.9. The molecule has 0 aliphatic heterocycles. The van der Waals surface area contributed by atoms with Gasteiger partial charge in [0.1, 0.15) is 0 Å². The molecule has 0 unspecified atom stereocenters.